The number of alkyl halides is 3. The Kier molecular flexibility index (Phi) is 4.11. The molecule has 0 spiro atoms. The van der Waals surface area contributed by atoms with E-state index in [2.05, 4.69) is 9.72 Å². The lowest BCUT2D eigenvalue weighted by Gasteiger charge is -2.06. The molecule has 1 heterocycles. The Balaban J connectivity index is 3.06. The maximum absolute atomic E-state index is 12.4. The molecule has 0 amide bonds. The number of carbonyl (C=O) groups is 1. The topological polar surface area (TPSA) is 39.2 Å². The number of halogens is 4. The van der Waals surface area contributed by atoms with Crippen LogP contribution >= 0.6 is 11.6 Å². The summed E-state index contributed by atoms with van der Waals surface area (Å²) in [5.41, 5.74) is -1.00. The van der Waals surface area contributed by atoms with Crippen LogP contribution < -0.4 is 0 Å². The Bertz CT molecular complexity index is 457. The lowest BCUT2D eigenvalue weighted by molar-refractivity contribution is -0.141. The van der Waals surface area contributed by atoms with E-state index in [9.17, 15) is 18.0 Å². The summed E-state index contributed by atoms with van der Waals surface area (Å²) in [5, 5.41) is -0.302. The lowest BCUT2D eigenvalue weighted by Crippen LogP contribution is -2.08. The van der Waals surface area contributed by atoms with Gasteiger partial charge in [0.2, 0.25) is 0 Å². The number of esters is 1. The molecular formula is C10H7ClF3NO2. The van der Waals surface area contributed by atoms with E-state index in [1.807, 2.05) is 0 Å². The van der Waals surface area contributed by atoms with Crippen molar-refractivity contribution in [3.63, 3.8) is 0 Å². The molecule has 0 aromatic carbocycles. The third kappa shape index (κ3) is 4.07. The Morgan fingerprint density at radius 3 is 2.65 bits per heavy atom. The summed E-state index contributed by atoms with van der Waals surface area (Å²) in [6.07, 6.45) is -2.43. The van der Waals surface area contributed by atoms with Crippen LogP contribution in [0.15, 0.2) is 18.2 Å². The van der Waals surface area contributed by atoms with Gasteiger partial charge in [0, 0.05) is 6.08 Å². The molecule has 0 aliphatic rings. The zero-order chi connectivity index (χ0) is 13.1. The van der Waals surface area contributed by atoms with E-state index in [-0.39, 0.29) is 10.7 Å². The molecule has 0 aliphatic carbocycles. The van der Waals surface area contributed by atoms with E-state index < -0.39 is 17.8 Å². The third-order valence-corrected chi connectivity index (χ3v) is 1.91. The van der Waals surface area contributed by atoms with Crippen molar-refractivity contribution in [1.82, 2.24) is 4.98 Å². The average molecular weight is 266 g/mol. The summed E-state index contributed by atoms with van der Waals surface area (Å²) in [5.74, 6) is -0.675. The minimum absolute atomic E-state index is 0.114. The van der Waals surface area contributed by atoms with Crippen molar-refractivity contribution >= 4 is 23.6 Å². The summed E-state index contributed by atoms with van der Waals surface area (Å²) < 4.78 is 41.4. The average Bonchev–Trinajstić information content (AvgIpc) is 2.24. The third-order valence-electron chi connectivity index (χ3n) is 1.72. The second-order valence-corrected chi connectivity index (χ2v) is 3.35. The fourth-order valence-corrected chi connectivity index (χ4v) is 1.21. The minimum Gasteiger partial charge on any atom is -0.466 e. The number of hydrogen-bond donors (Lipinski definition) is 0. The molecule has 17 heavy (non-hydrogen) atoms. The molecule has 1 aromatic heterocycles. The van der Waals surface area contributed by atoms with Crippen LogP contribution in [0.4, 0.5) is 13.2 Å². The van der Waals surface area contributed by atoms with E-state index in [1.54, 1.807) is 0 Å². The zero-order valence-electron chi connectivity index (χ0n) is 8.58. The van der Waals surface area contributed by atoms with E-state index in [0.717, 1.165) is 25.3 Å². The molecule has 0 bridgehead atoms. The number of aromatic nitrogens is 1. The van der Waals surface area contributed by atoms with Gasteiger partial charge < -0.3 is 4.74 Å². The van der Waals surface area contributed by atoms with E-state index in [1.165, 1.54) is 6.07 Å². The van der Waals surface area contributed by atoms with Gasteiger partial charge in [0.1, 0.15) is 10.8 Å². The SMILES string of the molecule is COC(=O)C=Cc1cc(Cl)nc(C(F)(F)F)c1. The fraction of sp³-hybridized carbons (Fsp3) is 0.200. The fourth-order valence-electron chi connectivity index (χ4n) is 0.990. The number of hydrogen-bond acceptors (Lipinski definition) is 3. The van der Waals surface area contributed by atoms with E-state index >= 15 is 0 Å². The van der Waals surface area contributed by atoms with Gasteiger partial charge in [-0.25, -0.2) is 9.78 Å². The van der Waals surface area contributed by atoms with Gasteiger partial charge in [0.05, 0.1) is 7.11 Å². The van der Waals surface area contributed by atoms with Crippen LogP contribution in [0.3, 0.4) is 0 Å². The van der Waals surface area contributed by atoms with E-state index in [0.29, 0.717) is 0 Å². The standard InChI is InChI=1S/C10H7ClF3NO2/c1-17-9(16)3-2-6-4-7(10(12,13)14)15-8(11)5-6/h2-5H,1H3. The maximum atomic E-state index is 12.4. The number of rotatable bonds is 2. The molecule has 0 radical (unpaired) electrons. The van der Waals surface area contributed by atoms with Crippen LogP contribution in [0.1, 0.15) is 11.3 Å². The summed E-state index contributed by atoms with van der Waals surface area (Å²) >= 11 is 5.44. The molecule has 1 rings (SSSR count). The van der Waals surface area contributed by atoms with Crippen LogP contribution in [-0.4, -0.2) is 18.1 Å². The van der Waals surface area contributed by atoms with E-state index in [4.69, 9.17) is 11.6 Å². The summed E-state index contributed by atoms with van der Waals surface area (Å²) in [6.45, 7) is 0. The van der Waals surface area contributed by atoms with Crippen molar-refractivity contribution in [2.24, 2.45) is 0 Å². The number of pyridine rings is 1. The van der Waals surface area contributed by atoms with Crippen molar-refractivity contribution < 1.29 is 22.7 Å². The van der Waals surface area contributed by atoms with Crippen LogP contribution in [0.5, 0.6) is 0 Å². The predicted molar refractivity (Wildman–Crippen MR) is 55.3 cm³/mol. The molecule has 0 unspecified atom stereocenters. The highest BCUT2D eigenvalue weighted by atomic mass is 35.5. The van der Waals surface area contributed by atoms with Crippen molar-refractivity contribution in [1.29, 1.82) is 0 Å². The van der Waals surface area contributed by atoms with Gasteiger partial charge in [0.15, 0.2) is 0 Å². The van der Waals surface area contributed by atoms with Gasteiger partial charge in [-0.15, -0.1) is 0 Å². The van der Waals surface area contributed by atoms with Crippen molar-refractivity contribution in [2.45, 2.75) is 6.18 Å². The summed E-state index contributed by atoms with van der Waals surface area (Å²) in [4.78, 5) is 13.9. The molecule has 92 valence electrons. The van der Waals surface area contributed by atoms with Crippen LogP contribution in [0.25, 0.3) is 6.08 Å². The molecular weight excluding hydrogens is 259 g/mol. The first kappa shape index (κ1) is 13.5. The zero-order valence-corrected chi connectivity index (χ0v) is 9.34. The van der Waals surface area contributed by atoms with Gasteiger partial charge in [-0.1, -0.05) is 11.6 Å². The second-order valence-electron chi connectivity index (χ2n) is 2.96. The molecule has 0 fully saturated rings. The van der Waals surface area contributed by atoms with Crippen molar-refractivity contribution in [3.05, 3.63) is 34.6 Å². The second kappa shape index (κ2) is 5.18. The van der Waals surface area contributed by atoms with Crippen LogP contribution in [-0.2, 0) is 15.7 Å². The highest BCUT2D eigenvalue weighted by molar-refractivity contribution is 6.29. The van der Waals surface area contributed by atoms with Gasteiger partial charge >= 0.3 is 12.1 Å². The normalized spacial score (nSPS) is 11.8. The highest BCUT2D eigenvalue weighted by Crippen LogP contribution is 2.29. The van der Waals surface area contributed by atoms with Crippen molar-refractivity contribution in [2.75, 3.05) is 7.11 Å². The number of carbonyl (C=O) groups excluding carboxylic acids is 1. The highest BCUT2D eigenvalue weighted by Gasteiger charge is 2.32. The minimum atomic E-state index is -4.58. The quantitative estimate of drug-likeness (QED) is 0.469. The largest absolute Gasteiger partial charge is 0.466 e. The Hall–Kier alpha value is -1.56. The van der Waals surface area contributed by atoms with Gasteiger partial charge in [-0.3, -0.25) is 0 Å². The number of nitrogens with zero attached hydrogens (tertiary/aromatic N) is 1. The number of ether oxygens (including phenoxy) is 1. The Labute approximate surface area is 99.9 Å². The number of methoxy groups -OCH3 is 1. The molecule has 0 N–H and O–H groups in total. The Morgan fingerprint density at radius 1 is 1.47 bits per heavy atom. The molecule has 1 aromatic rings. The molecule has 3 nitrogen and oxygen atoms in total. The monoisotopic (exact) mass is 265 g/mol. The first-order chi connectivity index (χ1) is 7.82. The maximum Gasteiger partial charge on any atom is 0.433 e. The first-order valence-corrected chi connectivity index (χ1v) is 4.71. The molecule has 0 saturated carbocycles. The van der Waals surface area contributed by atoms with Crippen LogP contribution in [0, 0.1) is 0 Å². The molecule has 7 heteroatoms. The molecule has 0 aliphatic heterocycles. The Morgan fingerprint density at radius 2 is 2.12 bits per heavy atom. The molecule has 0 atom stereocenters. The van der Waals surface area contributed by atoms with Crippen molar-refractivity contribution in [3.8, 4) is 0 Å². The van der Waals surface area contributed by atoms with Gasteiger partial charge in [-0.2, -0.15) is 13.2 Å². The lowest BCUT2D eigenvalue weighted by atomic mass is 10.2. The van der Waals surface area contributed by atoms with Crippen LogP contribution in [0.2, 0.25) is 5.15 Å². The van der Waals surface area contributed by atoms with Gasteiger partial charge in [0.25, 0.3) is 0 Å². The smallest absolute Gasteiger partial charge is 0.433 e. The van der Waals surface area contributed by atoms with Gasteiger partial charge in [-0.05, 0) is 23.8 Å². The molecule has 0 saturated heterocycles. The first-order valence-electron chi connectivity index (χ1n) is 4.34. The predicted octanol–water partition coefficient (Wildman–Crippen LogP) is 2.94. The summed E-state index contributed by atoms with van der Waals surface area (Å²) in [6, 6.07) is 1.99. The summed E-state index contributed by atoms with van der Waals surface area (Å²) in [7, 11) is 1.16.